The number of carbonyl (C=O) groups is 4. The number of halogens is 1. The highest BCUT2D eigenvalue weighted by molar-refractivity contribution is 7.91. The molecule has 3 N–H and O–H groups in total. The number of furan rings is 1. The normalized spacial score (nSPS) is 26.5. The number of methoxy groups -OCH3 is 1. The second-order valence-electron chi connectivity index (χ2n) is 17.0. The van der Waals surface area contributed by atoms with E-state index in [4.69, 9.17) is 28.6 Å². The van der Waals surface area contributed by atoms with Crippen molar-refractivity contribution in [1.29, 1.82) is 0 Å². The summed E-state index contributed by atoms with van der Waals surface area (Å²) in [6, 6.07) is 8.78. The van der Waals surface area contributed by atoms with Gasteiger partial charge < -0.3 is 34.2 Å². The van der Waals surface area contributed by atoms with E-state index >= 15 is 0 Å². The van der Waals surface area contributed by atoms with Gasteiger partial charge in [0.15, 0.2) is 5.82 Å². The topological polar surface area (TPSA) is 208 Å². The van der Waals surface area contributed by atoms with Gasteiger partial charge in [0.05, 0.1) is 18.9 Å². The van der Waals surface area contributed by atoms with Gasteiger partial charge in [-0.25, -0.2) is 22.6 Å². The molecule has 328 valence electrons. The van der Waals surface area contributed by atoms with Gasteiger partial charge in [-0.15, -0.1) is 0 Å². The zero-order chi connectivity index (χ0) is 43.2. The third-order valence-electron chi connectivity index (χ3n) is 12.6. The van der Waals surface area contributed by atoms with Crippen molar-refractivity contribution < 1.29 is 50.6 Å². The highest BCUT2D eigenvalue weighted by Gasteiger charge is 2.62. The largest absolute Gasteiger partial charge is 0.497 e. The van der Waals surface area contributed by atoms with Crippen LogP contribution in [0.25, 0.3) is 33.5 Å². The lowest BCUT2D eigenvalue weighted by molar-refractivity contribution is -0.141. The average molecular weight is 873 g/mol. The summed E-state index contributed by atoms with van der Waals surface area (Å²) in [6.07, 6.45) is 9.30. The quantitative estimate of drug-likeness (QED) is 0.176. The molecule has 62 heavy (non-hydrogen) atoms. The van der Waals surface area contributed by atoms with E-state index in [-0.39, 0.29) is 54.7 Å². The Kier molecular flexibility index (Phi) is 11.3. The number of alkyl carbamates (subject to hydrolysis) is 1. The van der Waals surface area contributed by atoms with E-state index in [1.54, 1.807) is 31.4 Å². The molecule has 1 saturated heterocycles. The molecular formula is C44H49FN6O10S. The maximum atomic E-state index is 14.8. The number of aromatic nitrogens is 2. The first-order valence-electron chi connectivity index (χ1n) is 21.4. The Bertz CT molecular complexity index is 2540. The predicted octanol–water partition coefficient (Wildman–Crippen LogP) is 5.58. The van der Waals surface area contributed by atoms with Crippen LogP contribution < -0.4 is 24.8 Å². The van der Waals surface area contributed by atoms with Crippen LogP contribution in [0.2, 0.25) is 0 Å². The molecule has 9 rings (SSSR count). The maximum absolute atomic E-state index is 14.8. The summed E-state index contributed by atoms with van der Waals surface area (Å²) < 4.78 is 66.5. The fourth-order valence-electron chi connectivity index (χ4n) is 8.88. The van der Waals surface area contributed by atoms with Gasteiger partial charge in [-0.2, -0.15) is 4.98 Å². The molecule has 16 nitrogen and oxygen atoms in total. The summed E-state index contributed by atoms with van der Waals surface area (Å²) in [5, 5.41) is 5.39. The molecule has 0 radical (unpaired) electrons. The number of hydrogen-bond donors (Lipinski definition) is 3. The summed E-state index contributed by atoms with van der Waals surface area (Å²) in [7, 11) is -2.40. The molecular weight excluding hydrogens is 824 g/mol. The van der Waals surface area contributed by atoms with Crippen LogP contribution in [0.4, 0.5) is 9.18 Å². The molecule has 4 heterocycles. The van der Waals surface area contributed by atoms with Crippen LogP contribution in [-0.2, 0) is 29.1 Å². The van der Waals surface area contributed by atoms with Gasteiger partial charge in [-0.1, -0.05) is 25.0 Å². The van der Waals surface area contributed by atoms with Gasteiger partial charge in [0, 0.05) is 23.3 Å². The number of benzene rings is 2. The molecule has 2 aromatic carbocycles. The lowest BCUT2D eigenvalue weighted by atomic mass is 10.0. The lowest BCUT2D eigenvalue weighted by Gasteiger charge is -2.30. The first-order valence-corrected chi connectivity index (χ1v) is 23.0. The molecule has 0 spiro atoms. The Labute approximate surface area is 357 Å². The molecule has 3 saturated carbocycles. The Morgan fingerprint density at radius 1 is 0.968 bits per heavy atom. The maximum Gasteiger partial charge on any atom is 0.408 e. The molecule has 5 atom stereocenters. The number of sulfonamides is 1. The van der Waals surface area contributed by atoms with E-state index in [1.807, 2.05) is 12.2 Å². The summed E-state index contributed by atoms with van der Waals surface area (Å²) >= 11 is 0. The minimum Gasteiger partial charge on any atom is -0.497 e. The fraction of sp³-hybridized carbons (Fsp3) is 0.500. The van der Waals surface area contributed by atoms with Crippen molar-refractivity contribution in [2.24, 2.45) is 5.92 Å². The molecule has 0 unspecified atom stereocenters. The van der Waals surface area contributed by atoms with E-state index in [0.717, 1.165) is 38.5 Å². The van der Waals surface area contributed by atoms with Gasteiger partial charge in [-0.05, 0) is 107 Å². The number of rotatable bonds is 9. The third-order valence-corrected chi connectivity index (χ3v) is 14.4. The predicted molar refractivity (Wildman–Crippen MR) is 223 cm³/mol. The van der Waals surface area contributed by atoms with Crippen molar-refractivity contribution in [2.45, 2.75) is 119 Å². The van der Waals surface area contributed by atoms with Crippen molar-refractivity contribution in [1.82, 2.24) is 30.2 Å². The minimum absolute atomic E-state index is 0.0126. The van der Waals surface area contributed by atoms with Crippen LogP contribution in [0.15, 0.2) is 59.0 Å². The summed E-state index contributed by atoms with van der Waals surface area (Å²) in [6.45, 7) is -0.135. The molecule has 4 aromatic rings. The van der Waals surface area contributed by atoms with Crippen molar-refractivity contribution in [3.63, 3.8) is 0 Å². The number of fused-ring (bicyclic) bond motifs is 5. The van der Waals surface area contributed by atoms with Crippen LogP contribution >= 0.6 is 0 Å². The van der Waals surface area contributed by atoms with Crippen LogP contribution in [0, 0.1) is 11.7 Å². The Morgan fingerprint density at radius 2 is 1.74 bits per heavy atom. The first-order chi connectivity index (χ1) is 29.9. The number of nitrogens with one attached hydrogen (secondary N) is 3. The Hall–Kier alpha value is -5.78. The zero-order valence-corrected chi connectivity index (χ0v) is 35.1. The minimum atomic E-state index is -3.94. The number of nitrogens with zero attached hydrogens (tertiary/aromatic N) is 3. The smallest absolute Gasteiger partial charge is 0.408 e. The van der Waals surface area contributed by atoms with Crippen molar-refractivity contribution in [3.8, 4) is 23.0 Å². The van der Waals surface area contributed by atoms with Crippen molar-refractivity contribution >= 4 is 55.9 Å². The summed E-state index contributed by atoms with van der Waals surface area (Å²) in [5.74, 6) is -2.21. The third kappa shape index (κ3) is 8.52. The Morgan fingerprint density at radius 3 is 2.50 bits per heavy atom. The van der Waals surface area contributed by atoms with Crippen LogP contribution in [0.1, 0.15) is 83.5 Å². The lowest BCUT2D eigenvalue weighted by Crippen LogP contribution is -2.58. The monoisotopic (exact) mass is 872 g/mol. The van der Waals surface area contributed by atoms with E-state index in [1.165, 1.54) is 23.1 Å². The molecule has 3 aliphatic carbocycles. The van der Waals surface area contributed by atoms with Crippen molar-refractivity contribution in [2.75, 3.05) is 13.7 Å². The molecule has 18 heteroatoms. The highest BCUT2D eigenvalue weighted by atomic mass is 32.2. The highest BCUT2D eigenvalue weighted by Crippen LogP contribution is 2.46. The van der Waals surface area contributed by atoms with Gasteiger partial charge in [-0.3, -0.25) is 19.1 Å². The SMILES string of the molecule is COc1ccc(-c2nc(O[C@@H]3C[C@H]4C(=O)N[C@]5(C(=O)NS(=O)(=O)C6CC6)C[C@@H]5/C=C\CCCCC[C@H](NC(=O)OC5CCCC5)C(=O)N4C3)c3oc4ccc(F)cc4c3n2)cc1. The van der Waals surface area contributed by atoms with Gasteiger partial charge in [0.2, 0.25) is 27.4 Å². The second-order valence-corrected chi connectivity index (χ2v) is 19.0. The first kappa shape index (κ1) is 41.6. The van der Waals surface area contributed by atoms with Gasteiger partial charge >= 0.3 is 6.09 Å². The zero-order valence-electron chi connectivity index (χ0n) is 34.3. The summed E-state index contributed by atoms with van der Waals surface area (Å²) in [4.78, 5) is 67.4. The average Bonchev–Trinajstić information content (AvgIpc) is 4.07. The van der Waals surface area contributed by atoms with Gasteiger partial charge in [0.25, 0.3) is 11.8 Å². The van der Waals surface area contributed by atoms with E-state index in [2.05, 4.69) is 15.4 Å². The standard InChI is InChI=1S/C44H49FN6O10S/c1-58-28-16-13-25(14-17-28)38-47-36-32-21-27(45)15-20-35(32)61-37(36)40(48-38)59-30-22-34-39(52)49-44(42(54)50-62(56,57)31-18-19-31)23-26(44)9-5-3-2-4-6-12-33(41(53)51(34)24-30)46-43(55)60-29-10-7-8-11-29/h5,9,13-17,20-21,26,29-31,33-34H,2-4,6-8,10-12,18-19,22-24H2,1H3,(H,46,55)(H,49,52)(H,50,54)/b9-5-/t26-,30+,33-,34-,44+/m0/s1. The molecule has 4 amide bonds. The fourth-order valence-corrected chi connectivity index (χ4v) is 10.2. The number of ether oxygens (including phenoxy) is 3. The van der Waals surface area contributed by atoms with Gasteiger partial charge in [0.1, 0.15) is 52.5 Å². The number of allylic oxidation sites excluding steroid dienone is 1. The number of carbonyl (C=O) groups excluding carboxylic acids is 4. The molecule has 4 fully saturated rings. The van der Waals surface area contributed by atoms with E-state index < -0.39 is 74.5 Å². The Balaban J connectivity index is 1.06. The molecule has 0 bridgehead atoms. The van der Waals surface area contributed by atoms with Crippen LogP contribution in [0.3, 0.4) is 0 Å². The molecule has 2 aliphatic heterocycles. The van der Waals surface area contributed by atoms with E-state index in [0.29, 0.717) is 48.0 Å². The summed E-state index contributed by atoms with van der Waals surface area (Å²) in [5.41, 5.74) is -0.237. The molecule has 2 aromatic heterocycles. The van der Waals surface area contributed by atoms with Crippen LogP contribution in [0.5, 0.6) is 11.6 Å². The second kappa shape index (κ2) is 16.8. The van der Waals surface area contributed by atoms with E-state index in [9.17, 15) is 32.0 Å². The number of amides is 4. The molecule has 5 aliphatic rings. The van der Waals surface area contributed by atoms with Crippen LogP contribution in [-0.4, -0.2) is 95.8 Å². The van der Waals surface area contributed by atoms with Crippen molar-refractivity contribution in [3.05, 3.63) is 60.4 Å². The number of hydrogen-bond acceptors (Lipinski definition) is 12.